The number of nitrogens with one attached hydrogen (secondary N) is 1. The van der Waals surface area contributed by atoms with Crippen LogP contribution < -0.4 is 11.1 Å². The van der Waals surface area contributed by atoms with Crippen LogP contribution in [0.4, 0.5) is 5.82 Å². The van der Waals surface area contributed by atoms with Gasteiger partial charge in [-0.3, -0.25) is 9.59 Å². The van der Waals surface area contributed by atoms with Crippen LogP contribution in [-0.4, -0.2) is 45.5 Å². The predicted octanol–water partition coefficient (Wildman–Crippen LogP) is 5.87. The maximum Gasteiger partial charge on any atom is 0.225 e. The molecule has 2 fully saturated rings. The fourth-order valence-electron chi connectivity index (χ4n) is 6.75. The second-order valence-electron chi connectivity index (χ2n) is 12.4. The van der Waals surface area contributed by atoms with Crippen LogP contribution in [0.2, 0.25) is 0 Å². The number of hydrogen-bond donors (Lipinski definition) is 3. The lowest BCUT2D eigenvalue weighted by molar-refractivity contribution is -0.132. The number of hydrogen-bond acceptors (Lipinski definition) is 5. The van der Waals surface area contributed by atoms with Gasteiger partial charge >= 0.3 is 0 Å². The topological polar surface area (TPSA) is 109 Å². The Morgan fingerprint density at radius 1 is 1.00 bits per heavy atom. The normalized spacial score (nSPS) is 25.7. The number of aliphatic hydroxyl groups is 1. The third-order valence-electron chi connectivity index (χ3n) is 8.95. The molecule has 2 aliphatic rings. The molecule has 2 amide bonds. The fraction of sp³-hybridized carbons (Fsp3) is 0.441. The van der Waals surface area contributed by atoms with Crippen LogP contribution in [0.15, 0.2) is 66.9 Å². The van der Waals surface area contributed by atoms with Gasteiger partial charge in [0, 0.05) is 43.2 Å². The maximum atomic E-state index is 13.0. The van der Waals surface area contributed by atoms with Crippen molar-refractivity contribution in [2.75, 3.05) is 12.4 Å². The van der Waals surface area contributed by atoms with E-state index in [1.807, 2.05) is 68.4 Å². The van der Waals surface area contributed by atoms with E-state index in [0.717, 1.165) is 53.5 Å². The lowest BCUT2D eigenvalue weighted by Crippen LogP contribution is -2.58. The van der Waals surface area contributed by atoms with E-state index >= 15 is 0 Å². The molecule has 4 N–H and O–H groups in total. The lowest BCUT2D eigenvalue weighted by atomic mass is 9.63. The molecule has 0 saturated heterocycles. The summed E-state index contributed by atoms with van der Waals surface area (Å²) in [5.74, 6) is 1.00. The van der Waals surface area contributed by atoms with E-state index in [-0.39, 0.29) is 17.9 Å². The van der Waals surface area contributed by atoms with Gasteiger partial charge in [-0.05, 0) is 79.7 Å². The summed E-state index contributed by atoms with van der Waals surface area (Å²) in [6, 6.07) is 20.5. The SMILES string of the molecule is CCC(=O)N(C)C1CCC(CC(=O)Nc2cc(-c3ccccc3)c(-c3ccc(C4(N)CC(C)(O)C4)cc3)cn2)CC1. The Morgan fingerprint density at radius 2 is 1.63 bits per heavy atom. The number of benzene rings is 2. The van der Waals surface area contributed by atoms with Gasteiger partial charge in [0.05, 0.1) is 5.60 Å². The number of carbonyl (C=O) groups excluding carboxylic acids is 2. The molecule has 216 valence electrons. The first-order valence-corrected chi connectivity index (χ1v) is 14.8. The monoisotopic (exact) mass is 554 g/mol. The minimum Gasteiger partial charge on any atom is -0.390 e. The summed E-state index contributed by atoms with van der Waals surface area (Å²) in [5, 5.41) is 13.2. The Kier molecular flexibility index (Phi) is 8.30. The number of anilines is 1. The highest BCUT2D eigenvalue weighted by Gasteiger charge is 2.49. The van der Waals surface area contributed by atoms with Gasteiger partial charge in [-0.2, -0.15) is 0 Å². The molecule has 0 atom stereocenters. The quantitative estimate of drug-likeness (QED) is 0.323. The van der Waals surface area contributed by atoms with Crippen molar-refractivity contribution in [3.63, 3.8) is 0 Å². The smallest absolute Gasteiger partial charge is 0.225 e. The van der Waals surface area contributed by atoms with Gasteiger partial charge < -0.3 is 21.1 Å². The van der Waals surface area contributed by atoms with Crippen LogP contribution in [-0.2, 0) is 15.1 Å². The summed E-state index contributed by atoms with van der Waals surface area (Å²) < 4.78 is 0. The van der Waals surface area contributed by atoms with Crippen LogP contribution >= 0.6 is 0 Å². The third-order valence-corrected chi connectivity index (χ3v) is 8.95. The van der Waals surface area contributed by atoms with Crippen LogP contribution in [0.25, 0.3) is 22.3 Å². The van der Waals surface area contributed by atoms with Gasteiger partial charge in [-0.25, -0.2) is 4.98 Å². The first kappa shape index (κ1) is 29.0. The largest absolute Gasteiger partial charge is 0.390 e. The molecule has 3 aromatic rings. The third kappa shape index (κ3) is 6.52. The van der Waals surface area contributed by atoms with Crippen molar-refractivity contribution in [3.8, 4) is 22.3 Å². The number of aromatic nitrogens is 1. The average Bonchev–Trinajstić information content (AvgIpc) is 2.96. The molecule has 0 radical (unpaired) electrons. The second kappa shape index (κ2) is 11.7. The number of pyridine rings is 1. The molecule has 2 saturated carbocycles. The Labute approximate surface area is 243 Å². The molecule has 0 spiro atoms. The molecule has 2 aromatic carbocycles. The molecule has 41 heavy (non-hydrogen) atoms. The summed E-state index contributed by atoms with van der Waals surface area (Å²) in [5.41, 5.74) is 10.4. The minimum atomic E-state index is -0.705. The highest BCUT2D eigenvalue weighted by atomic mass is 16.3. The van der Waals surface area contributed by atoms with E-state index in [2.05, 4.69) is 34.6 Å². The lowest BCUT2D eigenvalue weighted by Gasteiger charge is -2.49. The maximum absolute atomic E-state index is 13.0. The van der Waals surface area contributed by atoms with Gasteiger partial charge in [0.1, 0.15) is 5.82 Å². The minimum absolute atomic E-state index is 0.0281. The summed E-state index contributed by atoms with van der Waals surface area (Å²) in [6.45, 7) is 3.72. The van der Waals surface area contributed by atoms with Crippen molar-refractivity contribution >= 4 is 17.6 Å². The molecule has 0 aliphatic heterocycles. The Balaban J connectivity index is 1.29. The Morgan fingerprint density at radius 3 is 2.24 bits per heavy atom. The summed E-state index contributed by atoms with van der Waals surface area (Å²) >= 11 is 0. The first-order chi connectivity index (χ1) is 19.6. The zero-order chi connectivity index (χ0) is 29.2. The number of carbonyl (C=O) groups is 2. The number of rotatable bonds is 8. The van der Waals surface area contributed by atoms with Crippen LogP contribution in [0.1, 0.15) is 70.8 Å². The van der Waals surface area contributed by atoms with Crippen molar-refractivity contribution in [1.82, 2.24) is 9.88 Å². The van der Waals surface area contributed by atoms with Crippen molar-refractivity contribution in [2.45, 2.75) is 82.4 Å². The summed E-state index contributed by atoms with van der Waals surface area (Å²) in [6.07, 6.45) is 7.66. The zero-order valence-corrected chi connectivity index (χ0v) is 24.4. The molecule has 0 unspecified atom stereocenters. The molecular formula is C34H42N4O3. The van der Waals surface area contributed by atoms with Gasteiger partial charge in [-0.15, -0.1) is 0 Å². The molecule has 7 nitrogen and oxygen atoms in total. The van der Waals surface area contributed by atoms with Crippen molar-refractivity contribution < 1.29 is 14.7 Å². The predicted molar refractivity (Wildman–Crippen MR) is 163 cm³/mol. The standard InChI is InChI=1S/C34H42N4O3/c1-4-32(40)38(3)27-16-10-23(11-17-27)18-31(39)37-30-19-28(24-8-6-5-7-9-24)29(20-36-30)25-12-14-26(15-13-25)34(35)21-33(2,41)22-34/h5-9,12-15,19-20,23,27,41H,4,10-11,16-18,21-22,35H2,1-3H3,(H,36,37,39). The Bertz CT molecular complexity index is 1370. The second-order valence-corrected chi connectivity index (χ2v) is 12.4. The fourth-order valence-corrected chi connectivity index (χ4v) is 6.75. The zero-order valence-electron chi connectivity index (χ0n) is 24.4. The van der Waals surface area contributed by atoms with Crippen molar-refractivity contribution in [2.24, 2.45) is 11.7 Å². The van der Waals surface area contributed by atoms with E-state index in [1.54, 1.807) is 0 Å². The van der Waals surface area contributed by atoms with Gasteiger partial charge in [0.15, 0.2) is 0 Å². The highest BCUT2D eigenvalue weighted by Crippen LogP contribution is 2.46. The summed E-state index contributed by atoms with van der Waals surface area (Å²) in [4.78, 5) is 31.6. The molecule has 1 aromatic heterocycles. The van der Waals surface area contributed by atoms with Crippen molar-refractivity contribution in [1.29, 1.82) is 0 Å². The number of nitrogens with zero attached hydrogens (tertiary/aromatic N) is 2. The summed E-state index contributed by atoms with van der Waals surface area (Å²) in [7, 11) is 1.89. The average molecular weight is 555 g/mol. The molecule has 2 aliphatic carbocycles. The molecule has 7 heteroatoms. The molecular weight excluding hydrogens is 512 g/mol. The van der Waals surface area contributed by atoms with Crippen LogP contribution in [0.3, 0.4) is 0 Å². The van der Waals surface area contributed by atoms with Gasteiger partial charge in [0.2, 0.25) is 11.8 Å². The molecule has 0 bridgehead atoms. The highest BCUT2D eigenvalue weighted by molar-refractivity contribution is 5.92. The Hall–Kier alpha value is -3.55. The van der Waals surface area contributed by atoms with E-state index in [0.29, 0.717) is 37.4 Å². The molecule has 1 heterocycles. The number of nitrogens with two attached hydrogens (primary N) is 1. The van der Waals surface area contributed by atoms with E-state index in [9.17, 15) is 14.7 Å². The number of amides is 2. The van der Waals surface area contributed by atoms with Crippen molar-refractivity contribution in [3.05, 3.63) is 72.4 Å². The first-order valence-electron chi connectivity index (χ1n) is 14.8. The van der Waals surface area contributed by atoms with E-state index < -0.39 is 11.1 Å². The van der Waals surface area contributed by atoms with Gasteiger partial charge in [0.25, 0.3) is 0 Å². The van der Waals surface area contributed by atoms with Gasteiger partial charge in [-0.1, -0.05) is 61.5 Å². The van der Waals surface area contributed by atoms with E-state index in [1.165, 1.54) is 0 Å². The molecule has 5 rings (SSSR count). The van der Waals surface area contributed by atoms with Crippen LogP contribution in [0.5, 0.6) is 0 Å². The van der Waals surface area contributed by atoms with E-state index in [4.69, 9.17) is 5.73 Å². The van der Waals surface area contributed by atoms with Crippen LogP contribution in [0, 0.1) is 5.92 Å².